The van der Waals surface area contributed by atoms with Crippen LogP contribution in [-0.4, -0.2) is 27.2 Å². The molecule has 0 N–H and O–H groups in total. The Bertz CT molecular complexity index is 657. The number of aromatic nitrogens is 2. The molecule has 0 spiro atoms. The van der Waals surface area contributed by atoms with Gasteiger partial charge in [-0.25, -0.2) is 4.98 Å². The molecule has 1 heterocycles. The minimum Gasteiger partial charge on any atom is -0.550 e. The number of aliphatic carboxylic acids is 1. The van der Waals surface area contributed by atoms with Crippen molar-refractivity contribution in [3.05, 3.63) is 24.3 Å². The molecule has 2 aromatic rings. The second kappa shape index (κ2) is 9.35. The summed E-state index contributed by atoms with van der Waals surface area (Å²) in [6, 6.07) is 7.38. The predicted octanol–water partition coefficient (Wildman–Crippen LogP) is -0.897. The Balaban J connectivity index is 0.00000242. The summed E-state index contributed by atoms with van der Waals surface area (Å²) < 4.78 is 1.53. The summed E-state index contributed by atoms with van der Waals surface area (Å²) in [7, 11) is 0. The summed E-state index contributed by atoms with van der Waals surface area (Å²) in [5, 5.41) is 11.2. The van der Waals surface area contributed by atoms with E-state index in [1.54, 1.807) is 0 Å². The van der Waals surface area contributed by atoms with Crippen LogP contribution in [0, 0.1) is 0 Å². The van der Waals surface area contributed by atoms with Crippen molar-refractivity contribution in [3.8, 4) is 0 Å². The minimum atomic E-state index is -1.21. The van der Waals surface area contributed by atoms with Crippen LogP contribution in [0.5, 0.6) is 0 Å². The van der Waals surface area contributed by atoms with Crippen LogP contribution >= 0.6 is 11.8 Å². The molecule has 0 aliphatic rings. The van der Waals surface area contributed by atoms with Crippen LogP contribution in [0.2, 0.25) is 0 Å². The number of carbonyl (C=O) groups is 2. The molecule has 2 rings (SSSR count). The van der Waals surface area contributed by atoms with Crippen molar-refractivity contribution in [2.45, 2.75) is 37.8 Å². The van der Waals surface area contributed by atoms with Crippen LogP contribution in [0.1, 0.15) is 37.4 Å². The van der Waals surface area contributed by atoms with Gasteiger partial charge in [-0.05, 0) is 25.0 Å². The molecule has 0 amide bonds. The smallest absolute Gasteiger partial charge is 0.550 e. The number of carboxylic acids is 1. The van der Waals surface area contributed by atoms with Gasteiger partial charge in [-0.15, -0.1) is 0 Å². The number of unbranched alkanes of at least 4 members (excludes halogenated alkanes) is 1. The molecule has 7 heteroatoms. The average molecular weight is 328 g/mol. The number of imidazole rings is 1. The molecular formula is C15H17N2NaO3S. The largest absolute Gasteiger partial charge is 1.00 e. The normalized spacial score (nSPS) is 10.4. The van der Waals surface area contributed by atoms with Crippen LogP contribution in [-0.2, 0) is 4.79 Å². The zero-order valence-electron chi connectivity index (χ0n) is 12.9. The molecule has 0 atom stereocenters. The fourth-order valence-electron chi connectivity index (χ4n) is 1.97. The first kappa shape index (κ1) is 19.2. The number of nitrogens with zero attached hydrogens (tertiary/aromatic N) is 2. The third-order valence-electron chi connectivity index (χ3n) is 3.05. The van der Waals surface area contributed by atoms with Gasteiger partial charge in [0.05, 0.1) is 11.0 Å². The number of carboxylic acid groups (broad SMARTS) is 1. The van der Waals surface area contributed by atoms with E-state index < -0.39 is 5.97 Å². The molecule has 112 valence electrons. The van der Waals surface area contributed by atoms with Crippen molar-refractivity contribution < 1.29 is 44.3 Å². The number of benzene rings is 1. The Kier molecular flexibility index (Phi) is 8.17. The Morgan fingerprint density at radius 3 is 2.68 bits per heavy atom. The van der Waals surface area contributed by atoms with E-state index in [1.807, 2.05) is 24.3 Å². The SMILES string of the molecule is CCCCSc1nc2ccccc2n1C(=O)CCC(=O)[O-].[Na+]. The molecule has 0 aliphatic heterocycles. The van der Waals surface area contributed by atoms with E-state index in [0.717, 1.165) is 29.6 Å². The summed E-state index contributed by atoms with van der Waals surface area (Å²) in [4.78, 5) is 27.3. The Labute approximate surface area is 155 Å². The van der Waals surface area contributed by atoms with Gasteiger partial charge >= 0.3 is 29.6 Å². The molecule has 22 heavy (non-hydrogen) atoms. The maximum absolute atomic E-state index is 12.3. The van der Waals surface area contributed by atoms with Crippen LogP contribution in [0.25, 0.3) is 11.0 Å². The standard InChI is InChI=1S/C15H18N2O3S.Na/c1-2-3-10-21-15-16-11-6-4-5-7-12(11)17(15)13(18)8-9-14(19)20;/h4-7H,2-3,8-10H2,1H3,(H,19,20);/q;+1/p-1. The number of thioether (sulfide) groups is 1. The van der Waals surface area contributed by atoms with Gasteiger partial charge in [0, 0.05) is 18.1 Å². The second-order valence-electron chi connectivity index (χ2n) is 4.69. The molecule has 0 saturated heterocycles. The second-order valence-corrected chi connectivity index (χ2v) is 5.75. The molecule has 1 aromatic carbocycles. The van der Waals surface area contributed by atoms with Crippen molar-refractivity contribution >= 4 is 34.7 Å². The molecule has 0 radical (unpaired) electrons. The van der Waals surface area contributed by atoms with Crippen molar-refractivity contribution in [1.29, 1.82) is 0 Å². The Hall–Kier alpha value is -0.820. The molecule has 1 aromatic heterocycles. The van der Waals surface area contributed by atoms with Gasteiger partial charge in [0.2, 0.25) is 5.91 Å². The van der Waals surface area contributed by atoms with Gasteiger partial charge in [0.25, 0.3) is 0 Å². The van der Waals surface area contributed by atoms with Gasteiger partial charge in [0.1, 0.15) is 0 Å². The summed E-state index contributed by atoms with van der Waals surface area (Å²) in [5.41, 5.74) is 1.47. The first-order valence-corrected chi connectivity index (χ1v) is 7.95. The van der Waals surface area contributed by atoms with Gasteiger partial charge in [0.15, 0.2) is 5.16 Å². The van der Waals surface area contributed by atoms with E-state index in [4.69, 9.17) is 0 Å². The molecular weight excluding hydrogens is 311 g/mol. The third-order valence-corrected chi connectivity index (χ3v) is 4.08. The van der Waals surface area contributed by atoms with Crippen LogP contribution in [0.15, 0.2) is 29.4 Å². The van der Waals surface area contributed by atoms with Gasteiger partial charge < -0.3 is 9.90 Å². The number of fused-ring (bicyclic) bond motifs is 1. The van der Waals surface area contributed by atoms with E-state index in [1.165, 1.54) is 16.3 Å². The molecule has 0 saturated carbocycles. The van der Waals surface area contributed by atoms with E-state index in [2.05, 4.69) is 11.9 Å². The van der Waals surface area contributed by atoms with Gasteiger partial charge in [-0.1, -0.05) is 37.2 Å². The molecule has 0 unspecified atom stereocenters. The summed E-state index contributed by atoms with van der Waals surface area (Å²) in [5.74, 6) is -0.590. The summed E-state index contributed by atoms with van der Waals surface area (Å²) in [6.45, 7) is 2.11. The topological polar surface area (TPSA) is 75.0 Å². The van der Waals surface area contributed by atoms with Crippen molar-refractivity contribution in [2.75, 3.05) is 5.75 Å². The predicted molar refractivity (Wildman–Crippen MR) is 80.2 cm³/mol. The third kappa shape index (κ3) is 4.84. The summed E-state index contributed by atoms with van der Waals surface area (Å²) in [6.07, 6.45) is 1.77. The van der Waals surface area contributed by atoms with Gasteiger partial charge in [-0.2, -0.15) is 0 Å². The first-order valence-electron chi connectivity index (χ1n) is 6.96. The zero-order chi connectivity index (χ0) is 15.2. The van der Waals surface area contributed by atoms with Crippen LogP contribution in [0.4, 0.5) is 0 Å². The maximum Gasteiger partial charge on any atom is 1.00 e. The van der Waals surface area contributed by atoms with E-state index >= 15 is 0 Å². The van der Waals surface area contributed by atoms with Crippen LogP contribution < -0.4 is 34.7 Å². The number of para-hydroxylation sites is 2. The number of hydrogen-bond donors (Lipinski definition) is 0. The quantitative estimate of drug-likeness (QED) is 0.374. The molecule has 0 bridgehead atoms. The number of carbonyl (C=O) groups excluding carboxylic acids is 2. The molecule has 0 fully saturated rings. The molecule has 0 aliphatic carbocycles. The zero-order valence-corrected chi connectivity index (χ0v) is 15.7. The van der Waals surface area contributed by atoms with Crippen molar-refractivity contribution in [3.63, 3.8) is 0 Å². The van der Waals surface area contributed by atoms with Gasteiger partial charge in [-0.3, -0.25) is 9.36 Å². The van der Waals surface area contributed by atoms with E-state index in [-0.39, 0.29) is 48.3 Å². The Morgan fingerprint density at radius 2 is 2.00 bits per heavy atom. The van der Waals surface area contributed by atoms with E-state index in [9.17, 15) is 14.7 Å². The maximum atomic E-state index is 12.3. The average Bonchev–Trinajstić information content (AvgIpc) is 2.83. The monoisotopic (exact) mass is 328 g/mol. The number of rotatable bonds is 7. The summed E-state index contributed by atoms with van der Waals surface area (Å²) >= 11 is 1.53. The first-order chi connectivity index (χ1) is 10.1. The minimum absolute atomic E-state index is 0. The Morgan fingerprint density at radius 1 is 1.27 bits per heavy atom. The van der Waals surface area contributed by atoms with E-state index in [0.29, 0.717) is 5.16 Å². The molecule has 5 nitrogen and oxygen atoms in total. The van der Waals surface area contributed by atoms with Crippen molar-refractivity contribution in [2.24, 2.45) is 0 Å². The fourth-order valence-corrected chi connectivity index (χ4v) is 3.08. The van der Waals surface area contributed by atoms with Crippen molar-refractivity contribution in [1.82, 2.24) is 9.55 Å². The van der Waals surface area contributed by atoms with Crippen LogP contribution in [0.3, 0.4) is 0 Å². The number of hydrogen-bond acceptors (Lipinski definition) is 5. The fraction of sp³-hybridized carbons (Fsp3) is 0.400.